The second kappa shape index (κ2) is 29.5. The van der Waals surface area contributed by atoms with Gasteiger partial charge < -0.3 is 0 Å². The maximum Gasteiger partial charge on any atom is 0.213 e. The van der Waals surface area contributed by atoms with Crippen LogP contribution in [0, 0.1) is 39.0 Å². The number of hydrogen-bond donors (Lipinski definition) is 0. The zero-order valence-electron chi connectivity index (χ0n) is 69.8. The van der Waals surface area contributed by atoms with E-state index >= 15 is 0 Å². The Bertz CT molecular complexity index is 5430. The smallest absolute Gasteiger partial charge is 0.201 e. The number of pyridine rings is 4. The van der Waals surface area contributed by atoms with Crippen LogP contribution in [0.3, 0.4) is 0 Å². The topological polar surface area (TPSA) is 15.5 Å². The largest absolute Gasteiger partial charge is 0.213 e. The molecule has 0 atom stereocenters. The number of fused-ring (bicyclic) bond motifs is 12. The summed E-state index contributed by atoms with van der Waals surface area (Å²) in [5, 5.41) is 0. The Labute approximate surface area is 630 Å². The van der Waals surface area contributed by atoms with Crippen molar-refractivity contribution in [2.24, 2.45) is 39.5 Å². The zero-order valence-corrected chi connectivity index (χ0v) is 63.8. The van der Waals surface area contributed by atoms with Gasteiger partial charge in [0, 0.05) is 56.8 Å². The molecular formula is C100H108N4+4. The second-order valence-corrected chi connectivity index (χ2v) is 31.8. The highest BCUT2D eigenvalue weighted by Crippen LogP contribution is 2.48. The fourth-order valence-corrected chi connectivity index (χ4v) is 17.7. The van der Waals surface area contributed by atoms with E-state index in [9.17, 15) is 0 Å². The van der Waals surface area contributed by atoms with E-state index in [2.05, 4.69) is 248 Å². The minimum atomic E-state index is -1.41. The highest BCUT2D eigenvalue weighted by molar-refractivity contribution is 5.89. The van der Waals surface area contributed by atoms with Crippen LogP contribution in [-0.4, -0.2) is 0 Å². The van der Waals surface area contributed by atoms with Gasteiger partial charge in [0.25, 0.3) is 0 Å². The van der Waals surface area contributed by atoms with E-state index in [0.717, 1.165) is 73.9 Å². The zero-order chi connectivity index (χ0) is 77.5. The molecule has 6 aliphatic rings. The Kier molecular flexibility index (Phi) is 17.8. The molecule has 4 aromatic heterocycles. The van der Waals surface area contributed by atoms with E-state index in [-0.39, 0.29) is 5.92 Å². The molecule has 524 valence electrons. The fourth-order valence-electron chi connectivity index (χ4n) is 17.7. The Morgan fingerprint density at radius 1 is 0.356 bits per heavy atom. The third kappa shape index (κ3) is 14.0. The summed E-state index contributed by atoms with van der Waals surface area (Å²) in [6.45, 7) is 18.5. The van der Waals surface area contributed by atoms with Crippen LogP contribution in [-0.2, 0) is 66.6 Å². The summed E-state index contributed by atoms with van der Waals surface area (Å²) >= 11 is 0. The number of aryl methyl sites for hydroxylation is 8. The van der Waals surface area contributed by atoms with E-state index in [4.69, 9.17) is 8.22 Å². The van der Waals surface area contributed by atoms with E-state index in [0.29, 0.717) is 0 Å². The Morgan fingerprint density at radius 2 is 0.644 bits per heavy atom. The number of rotatable bonds is 9. The summed E-state index contributed by atoms with van der Waals surface area (Å²) in [4.78, 5) is 0. The molecule has 0 aliphatic heterocycles. The third-order valence-electron chi connectivity index (χ3n) is 22.9. The van der Waals surface area contributed by atoms with Gasteiger partial charge in [-0.1, -0.05) is 212 Å². The van der Waals surface area contributed by atoms with Gasteiger partial charge >= 0.3 is 0 Å². The molecule has 0 saturated heterocycles. The first-order valence-electron chi connectivity index (χ1n) is 41.4. The van der Waals surface area contributed by atoms with Gasteiger partial charge in [-0.2, -0.15) is 0 Å². The molecule has 0 amide bonds. The lowest BCUT2D eigenvalue weighted by Crippen LogP contribution is -2.31. The van der Waals surface area contributed by atoms with Crippen molar-refractivity contribution in [3.63, 3.8) is 0 Å². The lowest BCUT2D eigenvalue weighted by molar-refractivity contribution is -0.660. The Hall–Kier alpha value is -9.64. The fraction of sp³-hybridized carbons (Fsp3) is 0.320. The second-order valence-electron chi connectivity index (χ2n) is 31.8. The van der Waals surface area contributed by atoms with Crippen LogP contribution in [0.4, 0.5) is 0 Å². The van der Waals surface area contributed by atoms with Gasteiger partial charge in [-0.25, -0.2) is 18.3 Å². The van der Waals surface area contributed by atoms with Gasteiger partial charge in [0.2, 0.25) is 22.8 Å². The Morgan fingerprint density at radius 3 is 0.971 bits per heavy atom. The molecule has 2 saturated carbocycles. The molecular weight excluding hydrogens is 1260 g/mol. The minimum Gasteiger partial charge on any atom is -0.201 e. The first kappa shape index (κ1) is 62.9. The van der Waals surface area contributed by atoms with Crippen molar-refractivity contribution in [1.82, 2.24) is 0 Å². The molecule has 18 rings (SSSR count). The van der Waals surface area contributed by atoms with Crippen molar-refractivity contribution in [2.75, 3.05) is 0 Å². The van der Waals surface area contributed by atoms with Gasteiger partial charge in [0.1, 0.15) is 28.2 Å². The highest BCUT2D eigenvalue weighted by Gasteiger charge is 2.33. The van der Waals surface area contributed by atoms with Gasteiger partial charge in [-0.05, 0) is 248 Å². The molecule has 4 nitrogen and oxygen atoms in total. The van der Waals surface area contributed by atoms with E-state index in [1.165, 1.54) is 188 Å². The lowest BCUT2D eigenvalue weighted by atomic mass is 9.83. The van der Waals surface area contributed by atoms with Crippen molar-refractivity contribution in [1.29, 1.82) is 0 Å². The SMILES string of the molecule is [2H]C([2H])(c1cc[n+](C)c(-c2c(C)ccc3c2Cc2ccccc2-3)c1)C(C)(C)C.[2H]C([2H])(c1cc[n+](C)c(-c2c(C)ccc3c2Cc2ccccc2-3)c1)C(C)C.[2H]C1(c2cc[n+](C)c(-c3c(C)ccc4c3Cc3ccccc3-4)c2)CCCC1.[2H]C1(c2cc[n+](C)c(-c3c(C)ccc4c3Cc3ccccc3-4)c2)CCCCC1. The van der Waals surface area contributed by atoms with E-state index in [1.807, 2.05) is 79.3 Å². The summed E-state index contributed by atoms with van der Waals surface area (Å²) in [6.07, 6.45) is 19.3. The summed E-state index contributed by atoms with van der Waals surface area (Å²) in [7, 11) is 8.36. The third-order valence-corrected chi connectivity index (χ3v) is 22.9. The molecule has 4 heteroatoms. The normalized spacial score (nSPS) is 16.1. The summed E-state index contributed by atoms with van der Waals surface area (Å²) in [5.41, 5.74) is 40.3. The van der Waals surface area contributed by atoms with Crippen LogP contribution in [0.15, 0.2) is 219 Å². The van der Waals surface area contributed by atoms with Gasteiger partial charge in [0.05, 0.1) is 22.3 Å². The highest BCUT2D eigenvalue weighted by atomic mass is 14.9. The Balaban J connectivity index is 0.000000117. The molecule has 0 spiro atoms. The summed E-state index contributed by atoms with van der Waals surface area (Å²) in [5.74, 6) is -0.904. The maximum absolute atomic E-state index is 9.09. The number of hydrogen-bond acceptors (Lipinski definition) is 0. The average Bonchev–Trinajstić information content (AvgIpc) is 1.53. The molecule has 0 radical (unpaired) electrons. The molecule has 0 bridgehead atoms. The van der Waals surface area contributed by atoms with Crippen molar-refractivity contribution in [3.05, 3.63) is 308 Å². The van der Waals surface area contributed by atoms with Crippen LogP contribution < -0.4 is 18.3 Å². The predicted octanol–water partition coefficient (Wildman–Crippen LogP) is 22.7. The number of aromatic nitrogens is 4. The molecule has 6 aliphatic carbocycles. The minimum absolute atomic E-state index is 0.0788. The lowest BCUT2D eigenvalue weighted by Gasteiger charge is -2.22. The monoisotopic (exact) mass is 1370 g/mol. The maximum atomic E-state index is 9.09. The molecule has 104 heavy (non-hydrogen) atoms. The van der Waals surface area contributed by atoms with Crippen molar-refractivity contribution in [2.45, 2.75) is 170 Å². The van der Waals surface area contributed by atoms with E-state index < -0.39 is 29.9 Å². The summed E-state index contributed by atoms with van der Waals surface area (Å²) in [6, 6.07) is 69.6. The quantitative estimate of drug-likeness (QED) is 0.128. The van der Waals surface area contributed by atoms with Gasteiger partial charge in [-0.3, -0.25) is 0 Å². The first-order chi connectivity index (χ1) is 52.5. The van der Waals surface area contributed by atoms with Crippen LogP contribution >= 0.6 is 0 Å². The molecule has 2 fully saturated rings. The average molecular weight is 1370 g/mol. The van der Waals surface area contributed by atoms with Crippen molar-refractivity contribution >= 4 is 0 Å². The molecule has 0 N–H and O–H groups in total. The van der Waals surface area contributed by atoms with Gasteiger partial charge in [-0.15, -0.1) is 0 Å². The molecule has 8 aromatic carbocycles. The summed E-state index contributed by atoms with van der Waals surface area (Å²) < 4.78 is 61.2. The molecule has 12 aromatic rings. The van der Waals surface area contributed by atoms with Crippen LogP contribution in [0.5, 0.6) is 0 Å². The molecule has 0 unspecified atom stereocenters. The standard InChI is InChI=1S/C26H28N.C25H26N.C25H28N.C24H26N/c1-18-12-13-23-22-11-7-6-10-21(22)16-24(23)26(18)25-17-20(14-15-27(25)2)19-8-4-3-5-9-19;1-17-11-12-22-21-10-6-5-9-20(21)15-23(22)25(17)24-16-19(13-14-26(24)2)18-7-3-4-8-18;1-17-10-11-21-20-9-7-6-8-19(20)15-22(21)24(17)23-14-18(12-13-26(23)5)16-25(2,3)4;1-16(2)13-18-11-12-25(4)23(14-18)24-17(3)9-10-21-20-8-6-5-7-19(20)15-22(21)24/h6-7,10-15,17,19H,3-5,8-9,16H2,1-2H3;5-6,9-14,16,18H,3-4,7-8,15H2,1-2H3;6-14H,15-16H2,1-5H3;5-12,14,16H,13,15H2,1-4H3/q4*+1/i19D;18D;16D2;13D2. The van der Waals surface area contributed by atoms with Crippen LogP contribution in [0.25, 0.3) is 89.5 Å². The van der Waals surface area contributed by atoms with Crippen molar-refractivity contribution < 1.29 is 26.5 Å². The van der Waals surface area contributed by atoms with Crippen LogP contribution in [0.2, 0.25) is 0 Å². The molecule has 4 heterocycles. The number of nitrogens with zero attached hydrogens (tertiary/aromatic N) is 4. The van der Waals surface area contributed by atoms with Crippen molar-refractivity contribution in [3.8, 4) is 89.5 Å². The van der Waals surface area contributed by atoms with E-state index in [1.54, 1.807) is 0 Å². The van der Waals surface area contributed by atoms with Crippen LogP contribution in [0.1, 0.15) is 201 Å². The number of benzene rings is 8. The van der Waals surface area contributed by atoms with Gasteiger partial charge in [0.15, 0.2) is 24.8 Å². The first-order valence-corrected chi connectivity index (χ1v) is 38.4. The predicted molar refractivity (Wildman–Crippen MR) is 433 cm³/mol.